The lowest BCUT2D eigenvalue weighted by Crippen LogP contribution is -2.36. The van der Waals surface area contributed by atoms with Gasteiger partial charge in [-0.3, -0.25) is 4.79 Å². The van der Waals surface area contributed by atoms with Crippen LogP contribution in [0.3, 0.4) is 0 Å². The van der Waals surface area contributed by atoms with Crippen LogP contribution in [0.25, 0.3) is 0 Å². The topological polar surface area (TPSA) is 65.0 Å². The molecular formula is C26H30ClFO5. The van der Waals surface area contributed by atoms with Crippen molar-refractivity contribution in [1.29, 1.82) is 0 Å². The van der Waals surface area contributed by atoms with E-state index in [1.807, 2.05) is 12.1 Å². The number of esters is 1. The van der Waals surface area contributed by atoms with Crippen molar-refractivity contribution in [3.63, 3.8) is 0 Å². The highest BCUT2D eigenvalue weighted by Gasteiger charge is 2.29. The fraction of sp³-hybridized carbons (Fsp3) is 0.500. The number of cyclic esters (lactones) is 1. The molecular weight excluding hydrogens is 447 g/mol. The van der Waals surface area contributed by atoms with Gasteiger partial charge in [0.25, 0.3) is 0 Å². The Balaban J connectivity index is 1.45. The van der Waals surface area contributed by atoms with Crippen LogP contribution in [-0.4, -0.2) is 36.5 Å². The highest BCUT2D eigenvalue weighted by atomic mass is 35.5. The Kier molecular flexibility index (Phi) is 8.10. The van der Waals surface area contributed by atoms with Gasteiger partial charge in [0.1, 0.15) is 30.0 Å². The Morgan fingerprint density at radius 2 is 1.88 bits per heavy atom. The van der Waals surface area contributed by atoms with Gasteiger partial charge in [0.05, 0.1) is 19.1 Å². The fourth-order valence-electron chi connectivity index (χ4n) is 4.70. The Morgan fingerprint density at radius 1 is 1.12 bits per heavy atom. The Morgan fingerprint density at radius 3 is 2.61 bits per heavy atom. The van der Waals surface area contributed by atoms with Crippen LogP contribution in [0.2, 0.25) is 5.02 Å². The predicted octanol–water partition coefficient (Wildman–Crippen LogP) is 5.59. The molecule has 1 heterocycles. The van der Waals surface area contributed by atoms with Gasteiger partial charge < -0.3 is 19.3 Å². The third-order valence-electron chi connectivity index (χ3n) is 6.28. The number of aryl methyl sites for hydroxylation is 1. The molecule has 2 aromatic carbocycles. The maximum Gasteiger partial charge on any atom is 0.308 e. The third-order valence-corrected chi connectivity index (χ3v) is 6.49. The lowest BCUT2D eigenvalue weighted by molar-refractivity contribution is -0.162. The number of ether oxygens (including phenoxy) is 3. The monoisotopic (exact) mass is 476 g/mol. The van der Waals surface area contributed by atoms with E-state index in [1.54, 1.807) is 12.1 Å². The molecule has 0 spiro atoms. The normalized spacial score (nSPS) is 21.1. The van der Waals surface area contributed by atoms with Crippen LogP contribution >= 0.6 is 11.6 Å². The molecule has 1 N–H and O–H groups in total. The molecule has 0 aromatic heterocycles. The molecule has 0 radical (unpaired) electrons. The van der Waals surface area contributed by atoms with Crippen molar-refractivity contribution in [2.45, 2.75) is 69.5 Å². The Labute approximate surface area is 198 Å². The average Bonchev–Trinajstić information content (AvgIpc) is 3.31. The van der Waals surface area contributed by atoms with E-state index >= 15 is 0 Å². The molecule has 5 nitrogen and oxygen atoms in total. The van der Waals surface area contributed by atoms with Gasteiger partial charge in [-0.1, -0.05) is 24.4 Å². The second-order valence-corrected chi connectivity index (χ2v) is 9.32. The van der Waals surface area contributed by atoms with E-state index in [0.29, 0.717) is 36.1 Å². The summed E-state index contributed by atoms with van der Waals surface area (Å²) in [5.74, 6) is 1.14. The molecule has 0 amide bonds. The second-order valence-electron chi connectivity index (χ2n) is 8.89. The fourth-order valence-corrected chi connectivity index (χ4v) is 4.95. The van der Waals surface area contributed by atoms with Crippen molar-refractivity contribution < 1.29 is 28.5 Å². The molecule has 2 aromatic rings. The van der Waals surface area contributed by atoms with Crippen molar-refractivity contribution in [2.24, 2.45) is 0 Å². The molecule has 2 atom stereocenters. The minimum absolute atomic E-state index is 0.0318. The maximum absolute atomic E-state index is 13.1. The molecule has 1 aliphatic heterocycles. The van der Waals surface area contributed by atoms with E-state index in [0.717, 1.165) is 36.1 Å². The van der Waals surface area contributed by atoms with Gasteiger partial charge in [-0.15, -0.1) is 0 Å². The predicted molar refractivity (Wildman–Crippen MR) is 123 cm³/mol. The first-order valence-corrected chi connectivity index (χ1v) is 12.1. The standard InChI is InChI=1S/C26H30ClFO5/c27-19-12-18(6-3-11-31-22-9-7-20(28)8-10-22)26(24(13-19)17-4-1-2-5-17)32-16-23-14-21(29)15-25(30)33-23/h7-10,12-13,17,21,23,29H,1-6,11,14-16H2. The maximum atomic E-state index is 13.1. The van der Waals surface area contributed by atoms with E-state index in [2.05, 4.69) is 0 Å². The zero-order valence-corrected chi connectivity index (χ0v) is 19.4. The molecule has 1 saturated carbocycles. The lowest BCUT2D eigenvalue weighted by atomic mass is 9.93. The minimum atomic E-state index is -0.692. The summed E-state index contributed by atoms with van der Waals surface area (Å²) < 4.78 is 30.4. The van der Waals surface area contributed by atoms with Gasteiger partial charge in [-0.05, 0) is 79.1 Å². The molecule has 1 saturated heterocycles. The molecule has 33 heavy (non-hydrogen) atoms. The van der Waals surface area contributed by atoms with Crippen LogP contribution in [-0.2, 0) is 16.0 Å². The number of aliphatic hydroxyl groups is 1. The highest BCUT2D eigenvalue weighted by molar-refractivity contribution is 6.30. The Bertz CT molecular complexity index is 942. The first-order valence-electron chi connectivity index (χ1n) is 11.7. The van der Waals surface area contributed by atoms with Crippen LogP contribution in [0.5, 0.6) is 11.5 Å². The SMILES string of the molecule is O=C1CC(O)CC(COc2c(CCCOc3ccc(F)cc3)cc(Cl)cc2C2CCCC2)O1. The molecule has 7 heteroatoms. The van der Waals surface area contributed by atoms with E-state index in [9.17, 15) is 14.3 Å². The van der Waals surface area contributed by atoms with E-state index < -0.39 is 18.2 Å². The van der Waals surface area contributed by atoms with Crippen LogP contribution in [0.4, 0.5) is 4.39 Å². The summed E-state index contributed by atoms with van der Waals surface area (Å²) in [6.45, 7) is 0.673. The summed E-state index contributed by atoms with van der Waals surface area (Å²) in [6, 6.07) is 9.90. The number of rotatable bonds is 9. The largest absolute Gasteiger partial charge is 0.494 e. The van der Waals surface area contributed by atoms with Gasteiger partial charge in [-0.25, -0.2) is 4.39 Å². The number of hydrogen-bond donors (Lipinski definition) is 1. The van der Waals surface area contributed by atoms with Crippen molar-refractivity contribution >= 4 is 17.6 Å². The van der Waals surface area contributed by atoms with Gasteiger partial charge in [0, 0.05) is 11.4 Å². The molecule has 2 fully saturated rings. The highest BCUT2D eigenvalue weighted by Crippen LogP contribution is 2.42. The molecule has 0 bridgehead atoms. The summed E-state index contributed by atoms with van der Waals surface area (Å²) in [5, 5.41) is 10.6. The number of halogens is 2. The van der Waals surface area contributed by atoms with Crippen molar-refractivity contribution in [3.8, 4) is 11.5 Å². The van der Waals surface area contributed by atoms with Crippen molar-refractivity contribution in [1.82, 2.24) is 0 Å². The summed E-state index contributed by atoms with van der Waals surface area (Å²) in [4.78, 5) is 11.7. The quantitative estimate of drug-likeness (QED) is 0.377. The van der Waals surface area contributed by atoms with E-state index in [-0.39, 0.29) is 18.8 Å². The molecule has 178 valence electrons. The zero-order chi connectivity index (χ0) is 23.2. The van der Waals surface area contributed by atoms with E-state index in [1.165, 1.54) is 25.0 Å². The van der Waals surface area contributed by atoms with Crippen molar-refractivity contribution in [2.75, 3.05) is 13.2 Å². The van der Waals surface area contributed by atoms with Crippen LogP contribution in [0.1, 0.15) is 62.0 Å². The molecule has 4 rings (SSSR count). The summed E-state index contributed by atoms with van der Waals surface area (Å²) >= 11 is 6.49. The summed E-state index contributed by atoms with van der Waals surface area (Å²) in [6.07, 6.45) is 5.24. The molecule has 2 aliphatic rings. The van der Waals surface area contributed by atoms with Crippen molar-refractivity contribution in [3.05, 3.63) is 58.4 Å². The molecule has 1 aliphatic carbocycles. The molecule has 2 unspecified atom stereocenters. The summed E-state index contributed by atoms with van der Waals surface area (Å²) in [7, 11) is 0. The van der Waals surface area contributed by atoms with Gasteiger partial charge >= 0.3 is 5.97 Å². The first kappa shape index (κ1) is 23.8. The zero-order valence-electron chi connectivity index (χ0n) is 18.6. The number of benzene rings is 2. The minimum Gasteiger partial charge on any atom is -0.494 e. The number of carbonyl (C=O) groups is 1. The lowest BCUT2D eigenvalue weighted by Gasteiger charge is -2.27. The Hall–Kier alpha value is -2.31. The summed E-state index contributed by atoms with van der Waals surface area (Å²) in [5.41, 5.74) is 2.10. The van der Waals surface area contributed by atoms with Crippen LogP contribution in [0.15, 0.2) is 36.4 Å². The second kappa shape index (κ2) is 11.2. The van der Waals surface area contributed by atoms with Crippen LogP contribution in [0, 0.1) is 5.82 Å². The number of aliphatic hydroxyl groups excluding tert-OH is 1. The number of carbonyl (C=O) groups excluding carboxylic acids is 1. The van der Waals surface area contributed by atoms with Crippen LogP contribution < -0.4 is 9.47 Å². The van der Waals surface area contributed by atoms with Gasteiger partial charge in [-0.2, -0.15) is 0 Å². The van der Waals surface area contributed by atoms with Gasteiger partial charge in [0.2, 0.25) is 0 Å². The number of hydrogen-bond acceptors (Lipinski definition) is 5. The third kappa shape index (κ3) is 6.61. The first-order chi connectivity index (χ1) is 16.0. The van der Waals surface area contributed by atoms with E-state index in [4.69, 9.17) is 25.8 Å². The van der Waals surface area contributed by atoms with Gasteiger partial charge in [0.15, 0.2) is 0 Å². The average molecular weight is 477 g/mol. The smallest absolute Gasteiger partial charge is 0.308 e.